The van der Waals surface area contributed by atoms with Gasteiger partial charge in [-0.15, -0.1) is 0 Å². The monoisotopic (exact) mass is 326 g/mol. The molecule has 0 aliphatic rings. The van der Waals surface area contributed by atoms with Crippen molar-refractivity contribution < 1.29 is 9.18 Å². The molecule has 0 saturated carbocycles. The number of alkyl halides is 1. The van der Waals surface area contributed by atoms with Gasteiger partial charge in [-0.2, -0.15) is 5.10 Å². The maximum atomic E-state index is 12.5. The van der Waals surface area contributed by atoms with Crippen molar-refractivity contribution in [3.05, 3.63) is 34.7 Å². The Bertz CT molecular complexity index is 813. The standard InChI is InChI=1S/C13H9Cl2FN4O/c14-8-1-9(20-10(21)2-16)11-7(6-3-18-19-4-6)5-17-13(11)12(8)15/h1,3-5,17H,2H2,(H,18,19)(H,20,21). The number of nitrogens with one attached hydrogen (secondary N) is 3. The van der Waals surface area contributed by atoms with Crippen molar-refractivity contribution in [2.24, 2.45) is 0 Å². The number of anilines is 1. The summed E-state index contributed by atoms with van der Waals surface area (Å²) < 4.78 is 12.5. The Kier molecular flexibility index (Phi) is 3.57. The Balaban J connectivity index is 2.27. The Hall–Kier alpha value is -2.05. The van der Waals surface area contributed by atoms with Crippen molar-refractivity contribution in [1.82, 2.24) is 15.2 Å². The third kappa shape index (κ3) is 2.36. The van der Waals surface area contributed by atoms with E-state index in [2.05, 4.69) is 20.5 Å². The van der Waals surface area contributed by atoms with Gasteiger partial charge in [0.15, 0.2) is 6.67 Å². The summed E-state index contributed by atoms with van der Waals surface area (Å²) in [6.07, 6.45) is 5.06. The number of carbonyl (C=O) groups excluding carboxylic acids is 1. The van der Waals surface area contributed by atoms with Gasteiger partial charge in [0.1, 0.15) is 0 Å². The second-order valence-electron chi connectivity index (χ2n) is 4.34. The second-order valence-corrected chi connectivity index (χ2v) is 5.13. The van der Waals surface area contributed by atoms with Gasteiger partial charge in [0.05, 0.1) is 27.4 Å². The number of fused-ring (bicyclic) bond motifs is 1. The molecule has 0 radical (unpaired) electrons. The quantitative estimate of drug-likeness (QED) is 0.685. The lowest BCUT2D eigenvalue weighted by Gasteiger charge is -2.09. The summed E-state index contributed by atoms with van der Waals surface area (Å²) in [5, 5.41) is 10.3. The van der Waals surface area contributed by atoms with E-state index in [9.17, 15) is 9.18 Å². The molecule has 2 aromatic heterocycles. The number of aromatic nitrogens is 3. The van der Waals surface area contributed by atoms with Crippen molar-refractivity contribution in [1.29, 1.82) is 0 Å². The van der Waals surface area contributed by atoms with Gasteiger partial charge in [0.25, 0.3) is 5.91 Å². The van der Waals surface area contributed by atoms with E-state index in [0.29, 0.717) is 21.6 Å². The number of H-pyrrole nitrogens is 2. The third-order valence-electron chi connectivity index (χ3n) is 3.05. The first-order chi connectivity index (χ1) is 10.1. The lowest BCUT2D eigenvalue weighted by molar-refractivity contribution is -0.117. The molecule has 3 rings (SSSR count). The number of amides is 1. The summed E-state index contributed by atoms with van der Waals surface area (Å²) in [5.41, 5.74) is 2.52. The number of hydrogen-bond donors (Lipinski definition) is 3. The van der Waals surface area contributed by atoms with Gasteiger partial charge in [-0.25, -0.2) is 4.39 Å². The molecule has 21 heavy (non-hydrogen) atoms. The smallest absolute Gasteiger partial charge is 0.255 e. The molecular formula is C13H9Cl2FN4O. The molecule has 0 saturated heterocycles. The lowest BCUT2D eigenvalue weighted by Crippen LogP contribution is -2.13. The normalized spacial score (nSPS) is 11.0. The molecule has 1 amide bonds. The van der Waals surface area contributed by atoms with Crippen LogP contribution in [0.15, 0.2) is 24.7 Å². The number of aromatic amines is 2. The molecule has 0 aliphatic heterocycles. The molecule has 0 bridgehead atoms. The van der Waals surface area contributed by atoms with Crippen LogP contribution in [0.3, 0.4) is 0 Å². The van der Waals surface area contributed by atoms with Crippen molar-refractivity contribution in [2.45, 2.75) is 0 Å². The van der Waals surface area contributed by atoms with E-state index in [0.717, 1.165) is 11.1 Å². The topological polar surface area (TPSA) is 73.6 Å². The maximum Gasteiger partial charge on any atom is 0.255 e. The van der Waals surface area contributed by atoms with Crippen LogP contribution in [0.2, 0.25) is 10.0 Å². The zero-order valence-electron chi connectivity index (χ0n) is 10.5. The Morgan fingerprint density at radius 1 is 1.38 bits per heavy atom. The third-order valence-corrected chi connectivity index (χ3v) is 3.84. The van der Waals surface area contributed by atoms with Crippen molar-refractivity contribution in [3.8, 4) is 11.1 Å². The largest absolute Gasteiger partial charge is 0.359 e. The van der Waals surface area contributed by atoms with Crippen molar-refractivity contribution in [3.63, 3.8) is 0 Å². The lowest BCUT2D eigenvalue weighted by atomic mass is 10.1. The second kappa shape index (κ2) is 5.38. The Labute approximate surface area is 128 Å². The molecule has 1 aromatic carbocycles. The molecule has 3 N–H and O–H groups in total. The minimum absolute atomic E-state index is 0.263. The summed E-state index contributed by atoms with van der Waals surface area (Å²) in [7, 11) is 0. The van der Waals surface area contributed by atoms with E-state index in [1.807, 2.05) is 0 Å². The minimum Gasteiger partial charge on any atom is -0.359 e. The van der Waals surface area contributed by atoms with E-state index < -0.39 is 12.6 Å². The van der Waals surface area contributed by atoms with E-state index >= 15 is 0 Å². The fraction of sp³-hybridized carbons (Fsp3) is 0.0769. The summed E-state index contributed by atoms with van der Waals surface area (Å²) in [6, 6.07) is 1.50. The van der Waals surface area contributed by atoms with Gasteiger partial charge in [-0.3, -0.25) is 9.89 Å². The Morgan fingerprint density at radius 3 is 2.86 bits per heavy atom. The minimum atomic E-state index is -1.12. The van der Waals surface area contributed by atoms with Crippen LogP contribution in [0.5, 0.6) is 0 Å². The average molecular weight is 327 g/mol. The molecule has 0 unspecified atom stereocenters. The van der Waals surface area contributed by atoms with Crippen LogP contribution in [0, 0.1) is 0 Å². The van der Waals surface area contributed by atoms with E-state index in [1.165, 1.54) is 6.07 Å². The van der Waals surface area contributed by atoms with E-state index in [1.54, 1.807) is 18.6 Å². The number of halogens is 3. The maximum absolute atomic E-state index is 12.5. The molecular weight excluding hydrogens is 318 g/mol. The molecule has 0 fully saturated rings. The van der Waals surface area contributed by atoms with Crippen molar-refractivity contribution in [2.75, 3.05) is 12.0 Å². The van der Waals surface area contributed by atoms with Gasteiger partial charge in [-0.1, -0.05) is 23.2 Å². The zero-order valence-corrected chi connectivity index (χ0v) is 12.0. The summed E-state index contributed by atoms with van der Waals surface area (Å²) >= 11 is 12.2. The SMILES string of the molecule is O=C(CF)Nc1cc(Cl)c(Cl)c2[nH]cc(-c3cn[nH]c3)c12. The fourth-order valence-corrected chi connectivity index (χ4v) is 2.57. The van der Waals surface area contributed by atoms with Gasteiger partial charge in [0, 0.05) is 28.9 Å². The molecule has 8 heteroatoms. The molecule has 0 aliphatic carbocycles. The summed E-state index contributed by atoms with van der Waals surface area (Å²) in [4.78, 5) is 14.4. The van der Waals surface area contributed by atoms with Crippen LogP contribution in [-0.2, 0) is 4.79 Å². The first kappa shape index (κ1) is 13.9. The number of rotatable bonds is 3. The van der Waals surface area contributed by atoms with Gasteiger partial charge < -0.3 is 10.3 Å². The van der Waals surface area contributed by atoms with Crippen LogP contribution in [0.4, 0.5) is 10.1 Å². The highest BCUT2D eigenvalue weighted by molar-refractivity contribution is 6.46. The first-order valence-corrected chi connectivity index (χ1v) is 6.71. The molecule has 5 nitrogen and oxygen atoms in total. The van der Waals surface area contributed by atoms with Crippen molar-refractivity contribution >= 4 is 45.7 Å². The highest BCUT2D eigenvalue weighted by atomic mass is 35.5. The molecule has 3 aromatic rings. The molecule has 0 atom stereocenters. The highest BCUT2D eigenvalue weighted by Crippen LogP contribution is 2.40. The zero-order chi connectivity index (χ0) is 15.0. The predicted molar refractivity (Wildman–Crippen MR) is 80.5 cm³/mol. The van der Waals surface area contributed by atoms with Crippen LogP contribution >= 0.6 is 23.2 Å². The molecule has 2 heterocycles. The number of benzene rings is 1. The van der Waals surface area contributed by atoms with Gasteiger partial charge in [-0.05, 0) is 6.07 Å². The average Bonchev–Trinajstić information content (AvgIpc) is 3.12. The van der Waals surface area contributed by atoms with Crippen LogP contribution in [0.25, 0.3) is 22.0 Å². The summed E-state index contributed by atoms with van der Waals surface area (Å²) in [6.45, 7) is -1.12. The molecule has 108 valence electrons. The Morgan fingerprint density at radius 2 is 2.19 bits per heavy atom. The van der Waals surface area contributed by atoms with Crippen LogP contribution in [-0.4, -0.2) is 27.8 Å². The fourth-order valence-electron chi connectivity index (χ4n) is 2.17. The van der Waals surface area contributed by atoms with Crippen LogP contribution < -0.4 is 5.32 Å². The first-order valence-electron chi connectivity index (χ1n) is 5.96. The van der Waals surface area contributed by atoms with Crippen LogP contribution in [0.1, 0.15) is 0 Å². The summed E-state index contributed by atoms with van der Waals surface area (Å²) in [5.74, 6) is -0.756. The van der Waals surface area contributed by atoms with Gasteiger partial charge in [0.2, 0.25) is 0 Å². The number of hydrogen-bond acceptors (Lipinski definition) is 2. The number of carbonyl (C=O) groups is 1. The van der Waals surface area contributed by atoms with E-state index in [-0.39, 0.29) is 5.02 Å². The number of nitrogens with zero attached hydrogens (tertiary/aromatic N) is 1. The predicted octanol–water partition coefficient (Wildman–Crippen LogP) is 3.77. The van der Waals surface area contributed by atoms with Gasteiger partial charge >= 0.3 is 0 Å². The highest BCUT2D eigenvalue weighted by Gasteiger charge is 2.17. The van der Waals surface area contributed by atoms with E-state index in [4.69, 9.17) is 23.2 Å². The molecule has 0 spiro atoms.